The SMILES string of the molecule is Cn1ccc(CNC2CCCC2CN)n1. The molecule has 3 N–H and O–H groups in total. The summed E-state index contributed by atoms with van der Waals surface area (Å²) in [6, 6.07) is 2.65. The zero-order valence-electron chi connectivity index (χ0n) is 9.32. The minimum absolute atomic E-state index is 0.594. The molecule has 1 saturated carbocycles. The van der Waals surface area contributed by atoms with Gasteiger partial charge in [-0.25, -0.2) is 0 Å². The van der Waals surface area contributed by atoms with Gasteiger partial charge in [0.25, 0.3) is 0 Å². The number of hydrogen-bond donors (Lipinski definition) is 2. The third-order valence-electron chi connectivity index (χ3n) is 3.28. The van der Waals surface area contributed by atoms with Gasteiger partial charge in [0.15, 0.2) is 0 Å². The first-order valence-electron chi connectivity index (χ1n) is 5.71. The van der Waals surface area contributed by atoms with Gasteiger partial charge in [0.05, 0.1) is 5.69 Å². The molecule has 1 aliphatic rings. The second-order valence-electron chi connectivity index (χ2n) is 4.39. The molecule has 1 fully saturated rings. The Morgan fingerprint density at radius 2 is 2.47 bits per heavy atom. The Bertz CT molecular complexity index is 307. The van der Waals surface area contributed by atoms with Gasteiger partial charge in [-0.3, -0.25) is 4.68 Å². The predicted octanol–water partition coefficient (Wildman–Crippen LogP) is 0.637. The zero-order valence-corrected chi connectivity index (χ0v) is 9.32. The van der Waals surface area contributed by atoms with E-state index in [0.29, 0.717) is 12.0 Å². The smallest absolute Gasteiger partial charge is 0.0762 e. The van der Waals surface area contributed by atoms with Crippen molar-refractivity contribution in [1.82, 2.24) is 15.1 Å². The van der Waals surface area contributed by atoms with E-state index in [1.165, 1.54) is 19.3 Å². The molecule has 4 nitrogen and oxygen atoms in total. The molecule has 0 saturated heterocycles. The second kappa shape index (κ2) is 4.77. The third kappa shape index (κ3) is 2.58. The topological polar surface area (TPSA) is 55.9 Å². The van der Waals surface area contributed by atoms with Crippen LogP contribution in [0.1, 0.15) is 25.0 Å². The summed E-state index contributed by atoms with van der Waals surface area (Å²) in [6.45, 7) is 1.67. The third-order valence-corrected chi connectivity index (χ3v) is 3.28. The highest BCUT2D eigenvalue weighted by Gasteiger charge is 2.25. The lowest BCUT2D eigenvalue weighted by Gasteiger charge is -2.18. The molecule has 84 valence electrons. The van der Waals surface area contributed by atoms with Crippen molar-refractivity contribution in [2.45, 2.75) is 31.8 Å². The van der Waals surface area contributed by atoms with E-state index < -0.39 is 0 Å². The first-order chi connectivity index (χ1) is 7.29. The first-order valence-corrected chi connectivity index (χ1v) is 5.71. The normalized spacial score (nSPS) is 26.0. The van der Waals surface area contributed by atoms with Crippen molar-refractivity contribution >= 4 is 0 Å². The lowest BCUT2D eigenvalue weighted by atomic mass is 10.0. The molecular formula is C11H20N4. The molecule has 1 aromatic rings. The van der Waals surface area contributed by atoms with E-state index in [2.05, 4.69) is 16.5 Å². The second-order valence-corrected chi connectivity index (χ2v) is 4.39. The molecule has 0 amide bonds. The Morgan fingerprint density at radius 3 is 3.13 bits per heavy atom. The van der Waals surface area contributed by atoms with Gasteiger partial charge in [-0.05, 0) is 31.4 Å². The summed E-state index contributed by atoms with van der Waals surface area (Å²) < 4.78 is 1.84. The van der Waals surface area contributed by atoms with Gasteiger partial charge >= 0.3 is 0 Å². The number of aromatic nitrogens is 2. The number of nitrogens with two attached hydrogens (primary N) is 1. The van der Waals surface area contributed by atoms with Crippen molar-refractivity contribution < 1.29 is 0 Å². The molecule has 1 aromatic heterocycles. The van der Waals surface area contributed by atoms with Crippen molar-refractivity contribution in [2.24, 2.45) is 18.7 Å². The van der Waals surface area contributed by atoms with E-state index in [4.69, 9.17) is 5.73 Å². The molecule has 2 rings (SSSR count). The van der Waals surface area contributed by atoms with Crippen LogP contribution in [0, 0.1) is 5.92 Å². The van der Waals surface area contributed by atoms with Crippen LogP contribution in [0.5, 0.6) is 0 Å². The molecule has 0 bridgehead atoms. The largest absolute Gasteiger partial charge is 0.330 e. The maximum absolute atomic E-state index is 5.74. The number of nitrogens with one attached hydrogen (secondary N) is 1. The van der Waals surface area contributed by atoms with Crippen LogP contribution < -0.4 is 11.1 Å². The fourth-order valence-electron chi connectivity index (χ4n) is 2.38. The van der Waals surface area contributed by atoms with Gasteiger partial charge in [-0.1, -0.05) is 6.42 Å². The molecule has 2 atom stereocenters. The van der Waals surface area contributed by atoms with Crippen LogP contribution in [-0.4, -0.2) is 22.4 Å². The van der Waals surface area contributed by atoms with E-state index in [-0.39, 0.29) is 0 Å². The lowest BCUT2D eigenvalue weighted by Crippen LogP contribution is -2.35. The summed E-state index contributed by atoms with van der Waals surface area (Å²) in [4.78, 5) is 0. The van der Waals surface area contributed by atoms with E-state index in [1.54, 1.807) is 0 Å². The Kier molecular flexibility index (Phi) is 3.38. The van der Waals surface area contributed by atoms with Gasteiger partial charge < -0.3 is 11.1 Å². The summed E-state index contributed by atoms with van der Waals surface area (Å²) in [5.41, 5.74) is 6.85. The molecule has 15 heavy (non-hydrogen) atoms. The predicted molar refractivity (Wildman–Crippen MR) is 60.2 cm³/mol. The summed E-state index contributed by atoms with van der Waals surface area (Å²) in [5, 5.41) is 7.90. The average Bonchev–Trinajstić information content (AvgIpc) is 2.83. The molecule has 0 aliphatic heterocycles. The molecular weight excluding hydrogens is 188 g/mol. The molecule has 0 spiro atoms. The highest BCUT2D eigenvalue weighted by atomic mass is 15.3. The molecule has 1 aliphatic carbocycles. The minimum Gasteiger partial charge on any atom is -0.330 e. The standard InChI is InChI=1S/C11H20N4/c1-15-6-5-10(14-15)8-13-11-4-2-3-9(11)7-12/h5-6,9,11,13H,2-4,7-8,12H2,1H3. The highest BCUT2D eigenvalue weighted by molar-refractivity contribution is 4.99. The summed E-state index contributed by atoms with van der Waals surface area (Å²) >= 11 is 0. The minimum atomic E-state index is 0.594. The van der Waals surface area contributed by atoms with Gasteiger partial charge in [0.2, 0.25) is 0 Å². The number of hydrogen-bond acceptors (Lipinski definition) is 3. The molecule has 2 unspecified atom stereocenters. The molecule has 1 heterocycles. The fourth-order valence-corrected chi connectivity index (χ4v) is 2.38. The Balaban J connectivity index is 1.82. The van der Waals surface area contributed by atoms with Crippen LogP contribution in [0.4, 0.5) is 0 Å². The molecule has 0 radical (unpaired) electrons. The van der Waals surface area contributed by atoms with Gasteiger partial charge in [-0.2, -0.15) is 5.10 Å². The Labute approximate surface area is 90.8 Å². The van der Waals surface area contributed by atoms with E-state index >= 15 is 0 Å². The fraction of sp³-hybridized carbons (Fsp3) is 0.727. The maximum atomic E-state index is 5.74. The van der Waals surface area contributed by atoms with Crippen LogP contribution in [0.15, 0.2) is 12.3 Å². The van der Waals surface area contributed by atoms with Crippen LogP contribution in [0.3, 0.4) is 0 Å². The van der Waals surface area contributed by atoms with E-state index in [9.17, 15) is 0 Å². The molecule has 0 aromatic carbocycles. The van der Waals surface area contributed by atoms with Crippen LogP contribution >= 0.6 is 0 Å². The van der Waals surface area contributed by atoms with Crippen molar-refractivity contribution in [3.05, 3.63) is 18.0 Å². The van der Waals surface area contributed by atoms with Gasteiger partial charge in [0.1, 0.15) is 0 Å². The van der Waals surface area contributed by atoms with Crippen LogP contribution in [0.2, 0.25) is 0 Å². The van der Waals surface area contributed by atoms with Crippen molar-refractivity contribution in [3.8, 4) is 0 Å². The molecule has 4 heteroatoms. The summed E-state index contributed by atoms with van der Waals surface area (Å²) in [6.07, 6.45) is 5.82. The summed E-state index contributed by atoms with van der Waals surface area (Å²) in [5.74, 6) is 0.661. The monoisotopic (exact) mass is 208 g/mol. The van der Waals surface area contributed by atoms with Crippen molar-refractivity contribution in [2.75, 3.05) is 6.54 Å². The average molecular weight is 208 g/mol. The van der Waals surface area contributed by atoms with Gasteiger partial charge in [0, 0.05) is 25.8 Å². The number of nitrogens with zero attached hydrogens (tertiary/aromatic N) is 2. The van der Waals surface area contributed by atoms with Crippen molar-refractivity contribution in [3.63, 3.8) is 0 Å². The first kappa shape index (κ1) is 10.6. The van der Waals surface area contributed by atoms with E-state index in [1.807, 2.05) is 17.9 Å². The number of rotatable bonds is 4. The maximum Gasteiger partial charge on any atom is 0.0762 e. The van der Waals surface area contributed by atoms with Crippen LogP contribution in [0.25, 0.3) is 0 Å². The zero-order chi connectivity index (χ0) is 10.7. The van der Waals surface area contributed by atoms with Gasteiger partial charge in [-0.15, -0.1) is 0 Å². The quantitative estimate of drug-likeness (QED) is 0.763. The highest BCUT2D eigenvalue weighted by Crippen LogP contribution is 2.24. The summed E-state index contributed by atoms with van der Waals surface area (Å²) in [7, 11) is 1.95. The van der Waals surface area contributed by atoms with E-state index in [0.717, 1.165) is 18.8 Å². The lowest BCUT2D eigenvalue weighted by molar-refractivity contribution is 0.403. The Hall–Kier alpha value is -0.870. The number of aryl methyl sites for hydroxylation is 1. The van der Waals surface area contributed by atoms with Crippen LogP contribution in [-0.2, 0) is 13.6 Å². The van der Waals surface area contributed by atoms with Crippen molar-refractivity contribution in [1.29, 1.82) is 0 Å². The Morgan fingerprint density at radius 1 is 1.60 bits per heavy atom.